The van der Waals surface area contributed by atoms with Crippen molar-refractivity contribution in [3.05, 3.63) is 58.3 Å². The van der Waals surface area contributed by atoms with Gasteiger partial charge in [0, 0.05) is 30.7 Å². The maximum atomic E-state index is 10.1. The summed E-state index contributed by atoms with van der Waals surface area (Å²) in [5.41, 5.74) is 3.09. The van der Waals surface area contributed by atoms with E-state index in [0.29, 0.717) is 18.8 Å². The average Bonchev–Trinajstić information content (AvgIpc) is 3.07. The number of aliphatic hydroxyl groups is 1. The van der Waals surface area contributed by atoms with Crippen LogP contribution in [-0.4, -0.2) is 29.8 Å². The van der Waals surface area contributed by atoms with Crippen LogP contribution in [0.1, 0.15) is 36.4 Å². The maximum absolute atomic E-state index is 10.1. The summed E-state index contributed by atoms with van der Waals surface area (Å²) in [5, 5.41) is 14.7. The van der Waals surface area contributed by atoms with Crippen molar-refractivity contribution < 1.29 is 5.11 Å². The molecule has 130 valence electrons. The minimum Gasteiger partial charge on any atom is -0.385 e. The van der Waals surface area contributed by atoms with Crippen LogP contribution >= 0.6 is 15.9 Å². The second kappa shape index (κ2) is 7.84. The van der Waals surface area contributed by atoms with Crippen molar-refractivity contribution in [2.75, 3.05) is 0 Å². The molecule has 0 amide bonds. The monoisotopic (exact) mass is 401 g/mol. The molecule has 3 aromatic heterocycles. The Morgan fingerprint density at radius 2 is 2.04 bits per heavy atom. The van der Waals surface area contributed by atoms with Crippen LogP contribution in [0.4, 0.5) is 0 Å². The summed E-state index contributed by atoms with van der Waals surface area (Å²) >= 11 is 3.42. The van der Waals surface area contributed by atoms with E-state index in [1.54, 1.807) is 18.6 Å². The minimum atomic E-state index is -0.662. The molecule has 1 N–H and O–H groups in total. The van der Waals surface area contributed by atoms with E-state index in [2.05, 4.69) is 36.0 Å². The van der Waals surface area contributed by atoms with E-state index in [-0.39, 0.29) is 0 Å². The van der Waals surface area contributed by atoms with Crippen LogP contribution in [0.5, 0.6) is 0 Å². The first-order valence-electron chi connectivity index (χ1n) is 8.22. The molecule has 3 heterocycles. The van der Waals surface area contributed by atoms with Gasteiger partial charge in [-0.05, 0) is 65.0 Å². The topological polar surface area (TPSA) is 76.7 Å². The molecule has 0 aliphatic rings. The second-order valence-corrected chi connectivity index (χ2v) is 6.63. The van der Waals surface area contributed by atoms with Crippen molar-refractivity contribution in [3.63, 3.8) is 0 Å². The van der Waals surface area contributed by atoms with Gasteiger partial charge < -0.3 is 5.11 Å². The normalized spacial score (nSPS) is 12.3. The van der Waals surface area contributed by atoms with Crippen LogP contribution in [0, 0.1) is 6.92 Å². The van der Waals surface area contributed by atoms with Crippen molar-refractivity contribution in [1.82, 2.24) is 24.7 Å². The molecule has 7 heteroatoms. The van der Waals surface area contributed by atoms with Gasteiger partial charge in [-0.3, -0.25) is 4.98 Å². The highest BCUT2D eigenvalue weighted by Crippen LogP contribution is 2.24. The zero-order valence-electron chi connectivity index (χ0n) is 14.2. The van der Waals surface area contributed by atoms with Gasteiger partial charge in [-0.1, -0.05) is 6.92 Å². The van der Waals surface area contributed by atoms with Crippen molar-refractivity contribution in [1.29, 1.82) is 0 Å². The summed E-state index contributed by atoms with van der Waals surface area (Å²) in [6, 6.07) is 6.00. The first kappa shape index (κ1) is 17.7. The van der Waals surface area contributed by atoms with Gasteiger partial charge in [0.05, 0.1) is 0 Å². The van der Waals surface area contributed by atoms with E-state index in [1.165, 1.54) is 5.56 Å². The Balaban J connectivity index is 1.94. The minimum absolute atomic E-state index is 0.452. The van der Waals surface area contributed by atoms with E-state index >= 15 is 0 Å². The molecule has 0 aliphatic heterocycles. The Morgan fingerprint density at radius 1 is 1.28 bits per heavy atom. The predicted octanol–water partition coefficient (Wildman–Crippen LogP) is 3.49. The third-order valence-corrected chi connectivity index (χ3v) is 4.84. The molecule has 0 bridgehead atoms. The summed E-state index contributed by atoms with van der Waals surface area (Å²) in [5.74, 6) is 1.17. The number of hydrogen-bond acceptors (Lipinski definition) is 5. The second-order valence-electron chi connectivity index (χ2n) is 5.88. The SMILES string of the molecule is CCC(O)c1nc(-c2cnc(Br)c(C)c2)n(CCc2ccncc2)n1. The fraction of sp³-hybridized carbons (Fsp3) is 0.333. The van der Waals surface area contributed by atoms with Gasteiger partial charge in [-0.25, -0.2) is 14.6 Å². The van der Waals surface area contributed by atoms with Gasteiger partial charge in [0.25, 0.3) is 0 Å². The number of nitrogens with zero attached hydrogens (tertiary/aromatic N) is 5. The molecule has 0 saturated carbocycles. The highest BCUT2D eigenvalue weighted by atomic mass is 79.9. The smallest absolute Gasteiger partial charge is 0.179 e. The fourth-order valence-electron chi connectivity index (χ4n) is 2.52. The van der Waals surface area contributed by atoms with Gasteiger partial charge in [0.15, 0.2) is 11.6 Å². The number of pyridine rings is 2. The third-order valence-electron chi connectivity index (χ3n) is 4.01. The Morgan fingerprint density at radius 3 is 2.72 bits per heavy atom. The molecule has 0 fully saturated rings. The highest BCUT2D eigenvalue weighted by Gasteiger charge is 2.17. The van der Waals surface area contributed by atoms with Gasteiger partial charge >= 0.3 is 0 Å². The van der Waals surface area contributed by atoms with Crippen LogP contribution in [0.15, 0.2) is 41.4 Å². The Bertz CT molecular complexity index is 850. The summed E-state index contributed by atoms with van der Waals surface area (Å²) in [7, 11) is 0. The molecule has 3 aromatic rings. The summed E-state index contributed by atoms with van der Waals surface area (Å²) in [6.07, 6.45) is 6.06. The largest absolute Gasteiger partial charge is 0.385 e. The molecule has 0 radical (unpaired) electrons. The lowest BCUT2D eigenvalue weighted by atomic mass is 10.2. The summed E-state index contributed by atoms with van der Waals surface area (Å²) in [4.78, 5) is 13.0. The van der Waals surface area contributed by atoms with Crippen LogP contribution < -0.4 is 0 Å². The standard InChI is InChI=1S/C18H20BrN5O/c1-3-15(25)17-22-18(14-10-12(2)16(19)21-11-14)24(23-17)9-6-13-4-7-20-8-5-13/h4-5,7-8,10-11,15,25H,3,6,9H2,1-2H3. The third kappa shape index (κ3) is 4.11. The van der Waals surface area contributed by atoms with Crippen LogP contribution in [-0.2, 0) is 13.0 Å². The van der Waals surface area contributed by atoms with E-state index < -0.39 is 6.10 Å². The first-order valence-corrected chi connectivity index (χ1v) is 9.02. The number of aromatic nitrogens is 5. The van der Waals surface area contributed by atoms with Crippen molar-refractivity contribution in [2.45, 2.75) is 39.3 Å². The highest BCUT2D eigenvalue weighted by molar-refractivity contribution is 9.10. The van der Waals surface area contributed by atoms with E-state index in [0.717, 1.165) is 28.0 Å². The van der Waals surface area contributed by atoms with Crippen molar-refractivity contribution in [3.8, 4) is 11.4 Å². The molecule has 0 saturated heterocycles. The van der Waals surface area contributed by atoms with E-state index in [4.69, 9.17) is 0 Å². The van der Waals surface area contributed by atoms with E-state index in [9.17, 15) is 5.11 Å². The molecule has 0 aliphatic carbocycles. The van der Waals surface area contributed by atoms with Crippen molar-refractivity contribution in [2.24, 2.45) is 0 Å². The van der Waals surface area contributed by atoms with Crippen LogP contribution in [0.3, 0.4) is 0 Å². The molecule has 6 nitrogen and oxygen atoms in total. The Labute approximate surface area is 155 Å². The number of hydrogen-bond donors (Lipinski definition) is 1. The molecule has 3 rings (SSSR count). The fourth-order valence-corrected chi connectivity index (χ4v) is 2.73. The number of rotatable bonds is 6. The van der Waals surface area contributed by atoms with Crippen LogP contribution in [0.2, 0.25) is 0 Å². The molecule has 0 aromatic carbocycles. The zero-order chi connectivity index (χ0) is 17.8. The first-order chi connectivity index (χ1) is 12.1. The van der Waals surface area contributed by atoms with Gasteiger partial charge in [0.2, 0.25) is 0 Å². The molecular weight excluding hydrogens is 382 g/mol. The van der Waals surface area contributed by atoms with E-state index in [1.807, 2.05) is 36.7 Å². The quantitative estimate of drug-likeness (QED) is 0.639. The summed E-state index contributed by atoms with van der Waals surface area (Å²) in [6.45, 7) is 4.56. The lowest BCUT2D eigenvalue weighted by Gasteiger charge is -2.07. The van der Waals surface area contributed by atoms with Crippen molar-refractivity contribution >= 4 is 15.9 Å². The molecule has 1 unspecified atom stereocenters. The van der Waals surface area contributed by atoms with Gasteiger partial charge in [0.1, 0.15) is 10.7 Å². The number of aliphatic hydroxyl groups excluding tert-OH is 1. The predicted molar refractivity (Wildman–Crippen MR) is 98.9 cm³/mol. The van der Waals surface area contributed by atoms with Crippen LogP contribution in [0.25, 0.3) is 11.4 Å². The Kier molecular flexibility index (Phi) is 5.55. The molecule has 1 atom stereocenters. The van der Waals surface area contributed by atoms with Gasteiger partial charge in [-0.15, -0.1) is 0 Å². The maximum Gasteiger partial charge on any atom is 0.179 e. The lowest BCUT2D eigenvalue weighted by molar-refractivity contribution is 0.163. The average molecular weight is 402 g/mol. The number of halogens is 1. The van der Waals surface area contributed by atoms with Gasteiger partial charge in [-0.2, -0.15) is 5.10 Å². The number of aryl methyl sites for hydroxylation is 3. The molecule has 0 spiro atoms. The molecule has 25 heavy (non-hydrogen) atoms. The Hall–Kier alpha value is -2.12. The lowest BCUT2D eigenvalue weighted by Crippen LogP contribution is -2.07. The molecular formula is C18H20BrN5O. The zero-order valence-corrected chi connectivity index (χ0v) is 15.8. The summed E-state index contributed by atoms with van der Waals surface area (Å²) < 4.78 is 2.66.